The van der Waals surface area contributed by atoms with Gasteiger partial charge in [-0.25, -0.2) is 9.97 Å². The molecule has 0 amide bonds. The van der Waals surface area contributed by atoms with E-state index < -0.39 is 0 Å². The molecule has 0 aromatic carbocycles. The molecule has 1 saturated heterocycles. The maximum absolute atomic E-state index is 9.80. The van der Waals surface area contributed by atoms with Gasteiger partial charge in [-0.2, -0.15) is 0 Å². The van der Waals surface area contributed by atoms with E-state index in [9.17, 15) is 5.11 Å². The number of thiophene rings is 1. The summed E-state index contributed by atoms with van der Waals surface area (Å²) in [5, 5.41) is 9.80. The van der Waals surface area contributed by atoms with Crippen LogP contribution in [-0.4, -0.2) is 53.5 Å². The van der Waals surface area contributed by atoms with Crippen LogP contribution in [0.15, 0.2) is 31.1 Å². The molecule has 1 fully saturated rings. The van der Waals surface area contributed by atoms with E-state index in [1.54, 1.807) is 25.6 Å². The molecule has 0 unspecified atom stereocenters. The quantitative estimate of drug-likeness (QED) is 0.707. The van der Waals surface area contributed by atoms with Gasteiger partial charge in [0.25, 0.3) is 0 Å². The summed E-state index contributed by atoms with van der Waals surface area (Å²) in [6, 6.07) is 3.62. The summed E-state index contributed by atoms with van der Waals surface area (Å²) in [5.74, 6) is 2.06. The van der Waals surface area contributed by atoms with Gasteiger partial charge in [0.05, 0.1) is 41.0 Å². The number of hydrogen-bond acceptors (Lipinski definition) is 8. The monoisotopic (exact) mass is 370 g/mol. The molecule has 4 rings (SSSR count). The number of anilines is 1. The maximum Gasteiger partial charge on any atom is 0.167 e. The first-order valence-electron chi connectivity index (χ1n) is 8.18. The third-order valence-corrected chi connectivity index (χ3v) is 5.36. The molecule has 3 aromatic rings. The molecule has 8 heteroatoms. The molecular weight excluding hydrogens is 352 g/mol. The van der Waals surface area contributed by atoms with Crippen molar-refractivity contribution in [2.24, 2.45) is 0 Å². The van der Waals surface area contributed by atoms with E-state index in [1.165, 1.54) is 11.3 Å². The van der Waals surface area contributed by atoms with Gasteiger partial charge in [0.1, 0.15) is 11.5 Å². The van der Waals surface area contributed by atoms with Crippen molar-refractivity contribution in [3.63, 3.8) is 0 Å². The number of aliphatic hydroxyl groups is 1. The van der Waals surface area contributed by atoms with Crippen molar-refractivity contribution in [1.82, 2.24) is 15.0 Å². The number of fused-ring (bicyclic) bond motifs is 1. The summed E-state index contributed by atoms with van der Waals surface area (Å²) in [7, 11) is 1.61. The van der Waals surface area contributed by atoms with Crippen molar-refractivity contribution < 1.29 is 14.6 Å². The minimum atomic E-state index is 0.0291. The first-order chi connectivity index (χ1) is 12.7. The summed E-state index contributed by atoms with van der Waals surface area (Å²) in [6.07, 6.45) is 3.36. The standard InChI is InChI=1S/C18H18N4O3S/c1-11(23)15-9-13-16(26-15)18(22-5-7-25-8-6-22)21-17(20-13)12-10-19-4-3-14(12)24-2/h3-4,9-10,23H,1,5-8H2,2H3. The van der Waals surface area contributed by atoms with Crippen LogP contribution in [0.3, 0.4) is 0 Å². The second-order valence-electron chi connectivity index (χ2n) is 5.82. The van der Waals surface area contributed by atoms with Gasteiger partial charge in [-0.1, -0.05) is 6.58 Å². The highest BCUT2D eigenvalue weighted by Gasteiger charge is 2.21. The molecule has 1 aliphatic rings. The number of methoxy groups -OCH3 is 1. The Kier molecular flexibility index (Phi) is 4.44. The minimum absolute atomic E-state index is 0.0291. The van der Waals surface area contributed by atoms with E-state index in [0.717, 1.165) is 34.7 Å². The van der Waals surface area contributed by atoms with Gasteiger partial charge < -0.3 is 19.5 Å². The lowest BCUT2D eigenvalue weighted by atomic mass is 10.2. The van der Waals surface area contributed by atoms with Crippen LogP contribution in [0.4, 0.5) is 5.82 Å². The molecule has 134 valence electrons. The van der Waals surface area contributed by atoms with Gasteiger partial charge in [-0.3, -0.25) is 4.98 Å². The topological polar surface area (TPSA) is 80.6 Å². The Labute approximate surface area is 154 Å². The van der Waals surface area contributed by atoms with Gasteiger partial charge in [-0.15, -0.1) is 11.3 Å². The van der Waals surface area contributed by atoms with E-state index in [1.807, 2.05) is 6.07 Å². The number of pyridine rings is 1. The zero-order valence-corrected chi connectivity index (χ0v) is 15.1. The number of hydrogen-bond donors (Lipinski definition) is 1. The zero-order chi connectivity index (χ0) is 18.1. The maximum atomic E-state index is 9.80. The van der Waals surface area contributed by atoms with E-state index in [-0.39, 0.29) is 5.76 Å². The largest absolute Gasteiger partial charge is 0.507 e. The average Bonchev–Trinajstić information content (AvgIpc) is 3.12. The minimum Gasteiger partial charge on any atom is -0.507 e. The van der Waals surface area contributed by atoms with E-state index in [0.29, 0.717) is 29.7 Å². The predicted octanol–water partition coefficient (Wildman–Crippen LogP) is 3.13. The molecule has 0 bridgehead atoms. The van der Waals surface area contributed by atoms with Gasteiger partial charge in [0.2, 0.25) is 0 Å². The van der Waals surface area contributed by atoms with Crippen LogP contribution in [0.25, 0.3) is 27.4 Å². The van der Waals surface area contributed by atoms with Crippen LogP contribution < -0.4 is 9.64 Å². The van der Waals surface area contributed by atoms with Crippen molar-refractivity contribution in [1.29, 1.82) is 0 Å². The van der Waals surface area contributed by atoms with E-state index in [4.69, 9.17) is 14.5 Å². The fourth-order valence-electron chi connectivity index (χ4n) is 2.89. The van der Waals surface area contributed by atoms with Crippen molar-refractivity contribution >= 4 is 33.1 Å². The number of nitrogens with zero attached hydrogens (tertiary/aromatic N) is 4. The lowest BCUT2D eigenvalue weighted by Crippen LogP contribution is -2.36. The van der Waals surface area contributed by atoms with Crippen LogP contribution in [0.1, 0.15) is 4.88 Å². The Morgan fingerprint density at radius 2 is 2.15 bits per heavy atom. The van der Waals surface area contributed by atoms with Gasteiger partial charge in [-0.05, 0) is 12.1 Å². The SMILES string of the molecule is C=C(O)c1cc2nc(-c3cnccc3OC)nc(N3CCOCC3)c2s1. The number of aromatic nitrogens is 3. The Balaban J connectivity index is 1.92. The van der Waals surface area contributed by atoms with Crippen LogP contribution in [0.2, 0.25) is 0 Å². The Morgan fingerprint density at radius 1 is 1.35 bits per heavy atom. The summed E-state index contributed by atoms with van der Waals surface area (Å²) in [4.78, 5) is 16.5. The molecule has 0 saturated carbocycles. The number of morpholine rings is 1. The van der Waals surface area contributed by atoms with Gasteiger partial charge in [0.15, 0.2) is 11.6 Å². The Hall–Kier alpha value is -2.71. The fourth-order valence-corrected chi connectivity index (χ4v) is 3.88. The first kappa shape index (κ1) is 16.7. The second kappa shape index (κ2) is 6.89. The van der Waals surface area contributed by atoms with E-state index in [2.05, 4.69) is 21.4 Å². The zero-order valence-electron chi connectivity index (χ0n) is 14.3. The highest BCUT2D eigenvalue weighted by molar-refractivity contribution is 7.20. The molecule has 1 N–H and O–H groups in total. The summed E-state index contributed by atoms with van der Waals surface area (Å²) in [6.45, 7) is 6.44. The molecule has 0 atom stereocenters. The molecule has 0 aliphatic carbocycles. The average molecular weight is 370 g/mol. The summed E-state index contributed by atoms with van der Waals surface area (Å²) in [5.41, 5.74) is 1.49. The molecule has 3 aromatic heterocycles. The highest BCUT2D eigenvalue weighted by Crippen LogP contribution is 2.37. The smallest absolute Gasteiger partial charge is 0.167 e. The molecule has 26 heavy (non-hydrogen) atoms. The van der Waals surface area contributed by atoms with Crippen LogP contribution in [-0.2, 0) is 4.74 Å². The molecule has 7 nitrogen and oxygen atoms in total. The van der Waals surface area contributed by atoms with Crippen molar-refractivity contribution in [3.05, 3.63) is 36.0 Å². The molecule has 4 heterocycles. The highest BCUT2D eigenvalue weighted by atomic mass is 32.1. The molecular formula is C18H18N4O3S. The van der Waals surface area contributed by atoms with E-state index >= 15 is 0 Å². The fraction of sp³-hybridized carbons (Fsp3) is 0.278. The lowest BCUT2D eigenvalue weighted by molar-refractivity contribution is 0.122. The summed E-state index contributed by atoms with van der Waals surface area (Å²) < 4.78 is 11.8. The Bertz CT molecular complexity index is 966. The Morgan fingerprint density at radius 3 is 2.88 bits per heavy atom. The van der Waals surface area contributed by atoms with Crippen molar-refractivity contribution in [3.8, 4) is 17.1 Å². The third kappa shape index (κ3) is 2.97. The van der Waals surface area contributed by atoms with Crippen LogP contribution in [0, 0.1) is 0 Å². The van der Waals surface area contributed by atoms with Crippen LogP contribution >= 0.6 is 11.3 Å². The summed E-state index contributed by atoms with van der Waals surface area (Å²) >= 11 is 1.44. The number of rotatable bonds is 4. The van der Waals surface area contributed by atoms with Gasteiger partial charge >= 0.3 is 0 Å². The second-order valence-corrected chi connectivity index (χ2v) is 6.87. The third-order valence-electron chi connectivity index (χ3n) is 4.19. The lowest BCUT2D eigenvalue weighted by Gasteiger charge is -2.28. The molecule has 0 radical (unpaired) electrons. The van der Waals surface area contributed by atoms with Crippen molar-refractivity contribution in [2.75, 3.05) is 38.3 Å². The van der Waals surface area contributed by atoms with Gasteiger partial charge in [0, 0.05) is 25.5 Å². The molecule has 0 spiro atoms. The van der Waals surface area contributed by atoms with Crippen LogP contribution in [0.5, 0.6) is 5.75 Å². The normalized spacial score (nSPS) is 14.6. The molecule has 1 aliphatic heterocycles. The predicted molar refractivity (Wildman–Crippen MR) is 102 cm³/mol. The number of ether oxygens (including phenoxy) is 2. The van der Waals surface area contributed by atoms with Crippen molar-refractivity contribution in [2.45, 2.75) is 0 Å². The first-order valence-corrected chi connectivity index (χ1v) is 9.00. The number of aliphatic hydroxyl groups excluding tert-OH is 1.